The average molecular weight is 183 g/mol. The molecule has 1 aromatic heterocycles. The van der Waals surface area contributed by atoms with Crippen LogP contribution in [0.15, 0.2) is 18.3 Å². The van der Waals surface area contributed by atoms with Gasteiger partial charge in [-0.1, -0.05) is 6.07 Å². The Labute approximate surface area is 76.5 Å². The number of aromatic nitrogens is 1. The number of hydrogen-bond donors (Lipinski definition) is 3. The molecule has 0 amide bonds. The van der Waals surface area contributed by atoms with E-state index in [1.165, 1.54) is 0 Å². The van der Waals surface area contributed by atoms with Crippen molar-refractivity contribution in [1.29, 1.82) is 0 Å². The molecule has 0 aliphatic heterocycles. The third-order valence-corrected chi connectivity index (χ3v) is 1.79. The highest BCUT2D eigenvalue weighted by Gasteiger charge is 2.17. The maximum atomic E-state index is 9.41. The molecular formula is C9H13NO3. The van der Waals surface area contributed by atoms with Crippen LogP contribution in [0.5, 0.6) is 0 Å². The maximum Gasteiger partial charge on any atom is 0.124 e. The van der Waals surface area contributed by atoms with Gasteiger partial charge in [0, 0.05) is 6.20 Å². The second kappa shape index (κ2) is 4.32. The van der Waals surface area contributed by atoms with Crippen molar-refractivity contribution in [2.45, 2.75) is 19.1 Å². The number of aliphatic hydroxyl groups is 3. The van der Waals surface area contributed by atoms with Crippen LogP contribution in [0.2, 0.25) is 0 Å². The minimum atomic E-state index is -1.17. The summed E-state index contributed by atoms with van der Waals surface area (Å²) < 4.78 is 0. The van der Waals surface area contributed by atoms with Gasteiger partial charge in [0.25, 0.3) is 0 Å². The number of aryl methyl sites for hydroxylation is 1. The molecule has 0 spiro atoms. The zero-order valence-corrected chi connectivity index (χ0v) is 7.38. The molecule has 72 valence electrons. The second-order valence-corrected chi connectivity index (χ2v) is 2.96. The van der Waals surface area contributed by atoms with E-state index in [0.29, 0.717) is 5.69 Å². The molecule has 0 saturated carbocycles. The van der Waals surface area contributed by atoms with Crippen molar-refractivity contribution in [3.8, 4) is 0 Å². The zero-order chi connectivity index (χ0) is 9.84. The van der Waals surface area contributed by atoms with E-state index in [1.807, 2.05) is 6.92 Å². The summed E-state index contributed by atoms with van der Waals surface area (Å²) >= 11 is 0. The highest BCUT2D eigenvalue weighted by Crippen LogP contribution is 2.13. The van der Waals surface area contributed by atoms with E-state index in [9.17, 15) is 5.11 Å². The highest BCUT2D eigenvalue weighted by molar-refractivity contribution is 5.14. The summed E-state index contributed by atoms with van der Waals surface area (Å²) in [6.45, 7) is 1.41. The Hall–Kier alpha value is -0.970. The summed E-state index contributed by atoms with van der Waals surface area (Å²) in [5.41, 5.74) is 1.35. The van der Waals surface area contributed by atoms with E-state index in [2.05, 4.69) is 4.98 Å². The lowest BCUT2D eigenvalue weighted by atomic mass is 10.1. The summed E-state index contributed by atoms with van der Waals surface area (Å²) in [5.74, 6) is 0. The third-order valence-electron chi connectivity index (χ3n) is 1.79. The first-order valence-corrected chi connectivity index (χ1v) is 4.04. The summed E-state index contributed by atoms with van der Waals surface area (Å²) in [6.07, 6.45) is -0.691. The van der Waals surface area contributed by atoms with Crippen LogP contribution in [0.25, 0.3) is 0 Å². The van der Waals surface area contributed by atoms with Gasteiger partial charge in [0.05, 0.1) is 12.3 Å². The van der Waals surface area contributed by atoms with Crippen molar-refractivity contribution in [3.63, 3.8) is 0 Å². The predicted molar refractivity (Wildman–Crippen MR) is 47.0 cm³/mol. The molecule has 0 aromatic carbocycles. The van der Waals surface area contributed by atoms with Crippen LogP contribution in [-0.4, -0.2) is 33.0 Å². The molecule has 0 aliphatic rings. The van der Waals surface area contributed by atoms with Gasteiger partial charge in [0.2, 0.25) is 0 Å². The first-order valence-electron chi connectivity index (χ1n) is 4.04. The van der Waals surface area contributed by atoms with Crippen LogP contribution >= 0.6 is 0 Å². The van der Waals surface area contributed by atoms with Gasteiger partial charge < -0.3 is 15.3 Å². The van der Waals surface area contributed by atoms with Gasteiger partial charge in [-0.25, -0.2) is 0 Å². The molecule has 3 N–H and O–H groups in total. The first-order chi connectivity index (χ1) is 6.15. The molecule has 13 heavy (non-hydrogen) atoms. The van der Waals surface area contributed by atoms with E-state index in [1.54, 1.807) is 18.3 Å². The van der Waals surface area contributed by atoms with Crippen molar-refractivity contribution in [3.05, 3.63) is 29.6 Å². The smallest absolute Gasteiger partial charge is 0.124 e. The minimum absolute atomic E-state index is 0.368. The molecule has 1 heterocycles. The van der Waals surface area contributed by atoms with Crippen LogP contribution in [-0.2, 0) is 0 Å². The van der Waals surface area contributed by atoms with Crippen LogP contribution in [0.4, 0.5) is 0 Å². The number of pyridine rings is 1. The van der Waals surface area contributed by atoms with Crippen molar-refractivity contribution in [2.75, 3.05) is 6.61 Å². The van der Waals surface area contributed by atoms with E-state index < -0.39 is 18.8 Å². The van der Waals surface area contributed by atoms with Gasteiger partial charge in [-0.05, 0) is 18.6 Å². The largest absolute Gasteiger partial charge is 0.394 e. The molecule has 0 radical (unpaired) electrons. The van der Waals surface area contributed by atoms with Crippen molar-refractivity contribution in [1.82, 2.24) is 4.98 Å². The van der Waals surface area contributed by atoms with Gasteiger partial charge in [-0.15, -0.1) is 0 Å². The van der Waals surface area contributed by atoms with Crippen molar-refractivity contribution < 1.29 is 15.3 Å². The lowest BCUT2D eigenvalue weighted by Crippen LogP contribution is -2.22. The number of aliphatic hydroxyl groups excluding tert-OH is 3. The van der Waals surface area contributed by atoms with E-state index in [0.717, 1.165) is 5.56 Å². The fourth-order valence-corrected chi connectivity index (χ4v) is 0.951. The molecule has 4 heteroatoms. The molecule has 0 saturated heterocycles. The Kier molecular flexibility index (Phi) is 3.36. The number of nitrogens with zero attached hydrogens (tertiary/aromatic N) is 1. The standard InChI is InChI=1S/C9H13NO3/c1-6-2-3-7(10-4-6)9(13)8(12)5-11/h2-4,8-9,11-13H,5H2,1H3. The summed E-state index contributed by atoms with van der Waals surface area (Å²) in [5, 5.41) is 27.1. The molecule has 1 rings (SSSR count). The molecule has 1 aromatic rings. The van der Waals surface area contributed by atoms with Gasteiger partial charge in [-0.2, -0.15) is 0 Å². The molecule has 4 nitrogen and oxygen atoms in total. The fourth-order valence-electron chi connectivity index (χ4n) is 0.951. The van der Waals surface area contributed by atoms with Crippen LogP contribution in [0.3, 0.4) is 0 Å². The average Bonchev–Trinajstić information content (AvgIpc) is 2.17. The lowest BCUT2D eigenvalue weighted by Gasteiger charge is -2.14. The van der Waals surface area contributed by atoms with E-state index in [4.69, 9.17) is 10.2 Å². The third kappa shape index (κ3) is 2.48. The Morgan fingerprint density at radius 3 is 2.54 bits per heavy atom. The van der Waals surface area contributed by atoms with Crippen LogP contribution < -0.4 is 0 Å². The van der Waals surface area contributed by atoms with Crippen molar-refractivity contribution >= 4 is 0 Å². The summed E-state index contributed by atoms with van der Waals surface area (Å²) in [7, 11) is 0. The SMILES string of the molecule is Cc1ccc(C(O)C(O)CO)nc1. The number of rotatable bonds is 3. The monoisotopic (exact) mass is 183 g/mol. The lowest BCUT2D eigenvalue weighted by molar-refractivity contribution is -0.0172. The molecule has 2 atom stereocenters. The Morgan fingerprint density at radius 1 is 1.38 bits per heavy atom. The van der Waals surface area contributed by atoms with Crippen molar-refractivity contribution in [2.24, 2.45) is 0 Å². The van der Waals surface area contributed by atoms with Crippen LogP contribution in [0.1, 0.15) is 17.4 Å². The quantitative estimate of drug-likeness (QED) is 0.605. The molecule has 0 fully saturated rings. The fraction of sp³-hybridized carbons (Fsp3) is 0.444. The van der Waals surface area contributed by atoms with Gasteiger partial charge in [0.15, 0.2) is 0 Å². The molecule has 2 unspecified atom stereocenters. The first kappa shape index (κ1) is 10.1. The molecule has 0 aliphatic carbocycles. The minimum Gasteiger partial charge on any atom is -0.394 e. The molecule has 0 bridgehead atoms. The van der Waals surface area contributed by atoms with Gasteiger partial charge in [0.1, 0.15) is 12.2 Å². The zero-order valence-electron chi connectivity index (χ0n) is 7.38. The summed E-state index contributed by atoms with van der Waals surface area (Å²) in [6, 6.07) is 3.41. The maximum absolute atomic E-state index is 9.41. The second-order valence-electron chi connectivity index (χ2n) is 2.96. The van der Waals surface area contributed by atoms with Gasteiger partial charge in [-0.3, -0.25) is 4.98 Å². The van der Waals surface area contributed by atoms with E-state index >= 15 is 0 Å². The van der Waals surface area contributed by atoms with Crippen LogP contribution in [0, 0.1) is 6.92 Å². The Balaban J connectivity index is 2.77. The Morgan fingerprint density at radius 2 is 2.08 bits per heavy atom. The van der Waals surface area contributed by atoms with E-state index in [-0.39, 0.29) is 0 Å². The normalized spacial score (nSPS) is 15.4. The molecular weight excluding hydrogens is 170 g/mol. The van der Waals surface area contributed by atoms with Gasteiger partial charge >= 0.3 is 0 Å². The number of hydrogen-bond acceptors (Lipinski definition) is 4. The predicted octanol–water partition coefficient (Wildman–Crippen LogP) is -0.223. The summed E-state index contributed by atoms with van der Waals surface area (Å²) in [4.78, 5) is 3.93. The Bertz CT molecular complexity index is 260. The topological polar surface area (TPSA) is 73.6 Å². The highest BCUT2D eigenvalue weighted by atomic mass is 16.4.